The van der Waals surface area contributed by atoms with Crippen LogP contribution in [0.15, 0.2) is 48.5 Å². The van der Waals surface area contributed by atoms with E-state index < -0.39 is 5.92 Å². The molecule has 134 valence electrons. The van der Waals surface area contributed by atoms with Crippen LogP contribution in [0.2, 0.25) is 0 Å². The number of rotatable bonds is 4. The quantitative estimate of drug-likeness (QED) is 0.889. The molecule has 1 unspecified atom stereocenters. The molecular weight excluding hydrogens is 330 g/mol. The van der Waals surface area contributed by atoms with Gasteiger partial charge in [0.1, 0.15) is 0 Å². The predicted molar refractivity (Wildman–Crippen MR) is 101 cm³/mol. The SMILES string of the molecule is CC(=O)Nc1cccc(NC(=O)C2CC(=O)N(c3cccc(C)c3)C2)c1. The number of hydrogen-bond donors (Lipinski definition) is 2. The van der Waals surface area contributed by atoms with Gasteiger partial charge in [0.15, 0.2) is 0 Å². The first-order valence-corrected chi connectivity index (χ1v) is 8.48. The highest BCUT2D eigenvalue weighted by Crippen LogP contribution is 2.27. The summed E-state index contributed by atoms with van der Waals surface area (Å²) >= 11 is 0. The lowest BCUT2D eigenvalue weighted by Gasteiger charge is -2.17. The van der Waals surface area contributed by atoms with Crippen LogP contribution < -0.4 is 15.5 Å². The van der Waals surface area contributed by atoms with Gasteiger partial charge in [-0.25, -0.2) is 0 Å². The van der Waals surface area contributed by atoms with Gasteiger partial charge >= 0.3 is 0 Å². The molecule has 2 aromatic carbocycles. The van der Waals surface area contributed by atoms with Crippen molar-refractivity contribution in [2.24, 2.45) is 5.92 Å². The van der Waals surface area contributed by atoms with Crippen LogP contribution in [0, 0.1) is 12.8 Å². The van der Waals surface area contributed by atoms with Crippen molar-refractivity contribution in [2.75, 3.05) is 22.1 Å². The molecule has 6 nitrogen and oxygen atoms in total. The maximum atomic E-state index is 12.6. The van der Waals surface area contributed by atoms with Crippen LogP contribution in [0.4, 0.5) is 17.1 Å². The normalized spacial score (nSPS) is 16.5. The molecule has 6 heteroatoms. The summed E-state index contributed by atoms with van der Waals surface area (Å²) in [6, 6.07) is 14.6. The van der Waals surface area contributed by atoms with Crippen LogP contribution in [-0.2, 0) is 14.4 Å². The topological polar surface area (TPSA) is 78.5 Å². The summed E-state index contributed by atoms with van der Waals surface area (Å²) in [4.78, 5) is 37.7. The lowest BCUT2D eigenvalue weighted by molar-refractivity contribution is -0.122. The van der Waals surface area contributed by atoms with Gasteiger partial charge in [0.25, 0.3) is 0 Å². The molecule has 1 aliphatic rings. The third-order valence-corrected chi connectivity index (χ3v) is 4.26. The Labute approximate surface area is 152 Å². The molecule has 0 spiro atoms. The van der Waals surface area contributed by atoms with Crippen LogP contribution in [0.25, 0.3) is 0 Å². The van der Waals surface area contributed by atoms with E-state index in [1.807, 2.05) is 31.2 Å². The van der Waals surface area contributed by atoms with Crippen molar-refractivity contribution < 1.29 is 14.4 Å². The molecule has 1 fully saturated rings. The average molecular weight is 351 g/mol. The first kappa shape index (κ1) is 17.7. The van der Waals surface area contributed by atoms with Gasteiger partial charge in [-0.15, -0.1) is 0 Å². The van der Waals surface area contributed by atoms with E-state index in [2.05, 4.69) is 10.6 Å². The van der Waals surface area contributed by atoms with E-state index in [1.54, 1.807) is 29.2 Å². The van der Waals surface area contributed by atoms with Crippen molar-refractivity contribution in [1.29, 1.82) is 0 Å². The smallest absolute Gasteiger partial charge is 0.229 e. The first-order valence-electron chi connectivity index (χ1n) is 8.48. The maximum absolute atomic E-state index is 12.6. The van der Waals surface area contributed by atoms with Crippen molar-refractivity contribution in [3.63, 3.8) is 0 Å². The molecule has 1 aliphatic heterocycles. The number of anilines is 3. The van der Waals surface area contributed by atoms with Gasteiger partial charge in [-0.2, -0.15) is 0 Å². The summed E-state index contributed by atoms with van der Waals surface area (Å²) < 4.78 is 0. The predicted octanol–water partition coefficient (Wildman–Crippen LogP) is 2.95. The van der Waals surface area contributed by atoms with Gasteiger partial charge in [0.05, 0.1) is 5.92 Å². The van der Waals surface area contributed by atoms with Crippen LogP contribution in [0.5, 0.6) is 0 Å². The number of carbonyl (C=O) groups excluding carboxylic acids is 3. The van der Waals surface area contributed by atoms with Crippen molar-refractivity contribution in [1.82, 2.24) is 0 Å². The van der Waals surface area contributed by atoms with E-state index in [1.165, 1.54) is 6.92 Å². The van der Waals surface area contributed by atoms with E-state index in [0.29, 0.717) is 17.9 Å². The van der Waals surface area contributed by atoms with Crippen molar-refractivity contribution in [3.05, 3.63) is 54.1 Å². The van der Waals surface area contributed by atoms with E-state index in [-0.39, 0.29) is 24.1 Å². The second-order valence-corrected chi connectivity index (χ2v) is 6.50. The Hall–Kier alpha value is -3.15. The van der Waals surface area contributed by atoms with Crippen LogP contribution >= 0.6 is 0 Å². The summed E-state index contributed by atoms with van der Waals surface area (Å²) in [5.74, 6) is -0.840. The van der Waals surface area contributed by atoms with Crippen LogP contribution in [0.3, 0.4) is 0 Å². The van der Waals surface area contributed by atoms with Crippen molar-refractivity contribution in [2.45, 2.75) is 20.3 Å². The minimum Gasteiger partial charge on any atom is -0.326 e. The second-order valence-electron chi connectivity index (χ2n) is 6.50. The zero-order chi connectivity index (χ0) is 18.7. The summed E-state index contributed by atoms with van der Waals surface area (Å²) in [6.45, 7) is 3.76. The van der Waals surface area contributed by atoms with Gasteiger partial charge in [-0.05, 0) is 42.8 Å². The summed E-state index contributed by atoms with van der Waals surface area (Å²) in [7, 11) is 0. The molecule has 1 heterocycles. The zero-order valence-corrected chi connectivity index (χ0v) is 14.8. The molecule has 3 rings (SSSR count). The second kappa shape index (κ2) is 7.39. The van der Waals surface area contributed by atoms with Gasteiger partial charge in [-0.1, -0.05) is 18.2 Å². The monoisotopic (exact) mass is 351 g/mol. The zero-order valence-electron chi connectivity index (χ0n) is 14.8. The Kier molecular flexibility index (Phi) is 5.02. The summed E-state index contributed by atoms with van der Waals surface area (Å²) in [6.07, 6.45) is 0.186. The molecule has 0 bridgehead atoms. The lowest BCUT2D eigenvalue weighted by atomic mass is 10.1. The van der Waals surface area contributed by atoms with E-state index in [4.69, 9.17) is 0 Å². The molecule has 3 amide bonds. The van der Waals surface area contributed by atoms with Crippen LogP contribution in [0.1, 0.15) is 18.9 Å². The number of amides is 3. The Morgan fingerprint density at radius 2 is 1.73 bits per heavy atom. The molecule has 1 atom stereocenters. The number of nitrogens with zero attached hydrogens (tertiary/aromatic N) is 1. The molecule has 1 saturated heterocycles. The number of hydrogen-bond acceptors (Lipinski definition) is 3. The lowest BCUT2D eigenvalue weighted by Crippen LogP contribution is -2.28. The fraction of sp³-hybridized carbons (Fsp3) is 0.250. The molecule has 2 aromatic rings. The Morgan fingerprint density at radius 3 is 2.42 bits per heavy atom. The van der Waals surface area contributed by atoms with E-state index in [9.17, 15) is 14.4 Å². The summed E-state index contributed by atoms with van der Waals surface area (Å²) in [5, 5.41) is 5.51. The van der Waals surface area contributed by atoms with Gasteiger partial charge < -0.3 is 15.5 Å². The standard InChI is InChI=1S/C20H21N3O3/c1-13-5-3-8-18(9-13)23-12-15(10-19(23)25)20(26)22-17-7-4-6-16(11-17)21-14(2)24/h3-9,11,15H,10,12H2,1-2H3,(H,21,24)(H,22,26). The Bertz CT molecular complexity index is 863. The van der Waals surface area contributed by atoms with Crippen molar-refractivity contribution >= 4 is 34.8 Å². The minimum absolute atomic E-state index is 0.0530. The van der Waals surface area contributed by atoms with Gasteiger partial charge in [0.2, 0.25) is 17.7 Å². The fourth-order valence-electron chi connectivity index (χ4n) is 3.05. The molecule has 26 heavy (non-hydrogen) atoms. The number of benzene rings is 2. The number of nitrogens with one attached hydrogen (secondary N) is 2. The third-order valence-electron chi connectivity index (χ3n) is 4.26. The van der Waals surface area contributed by atoms with E-state index >= 15 is 0 Å². The van der Waals surface area contributed by atoms with Gasteiger partial charge in [0, 0.05) is 37.0 Å². The summed E-state index contributed by atoms with van der Waals surface area (Å²) in [5.41, 5.74) is 3.08. The Balaban J connectivity index is 1.68. The van der Waals surface area contributed by atoms with Gasteiger partial charge in [-0.3, -0.25) is 14.4 Å². The molecule has 0 radical (unpaired) electrons. The molecular formula is C20H21N3O3. The molecule has 0 aliphatic carbocycles. The largest absolute Gasteiger partial charge is 0.326 e. The fourth-order valence-corrected chi connectivity index (χ4v) is 3.05. The Morgan fingerprint density at radius 1 is 1.04 bits per heavy atom. The maximum Gasteiger partial charge on any atom is 0.229 e. The van der Waals surface area contributed by atoms with Crippen LogP contribution in [-0.4, -0.2) is 24.3 Å². The molecule has 0 saturated carbocycles. The molecule has 0 aromatic heterocycles. The number of carbonyl (C=O) groups is 3. The average Bonchev–Trinajstić information content (AvgIpc) is 2.96. The first-order chi connectivity index (χ1) is 12.4. The molecule has 2 N–H and O–H groups in total. The van der Waals surface area contributed by atoms with E-state index in [0.717, 1.165) is 11.3 Å². The number of aryl methyl sites for hydroxylation is 1. The third kappa shape index (κ3) is 4.08. The highest BCUT2D eigenvalue weighted by molar-refractivity contribution is 6.03. The highest BCUT2D eigenvalue weighted by Gasteiger charge is 2.35. The minimum atomic E-state index is -0.410. The highest BCUT2D eigenvalue weighted by atomic mass is 16.2. The van der Waals surface area contributed by atoms with Crippen molar-refractivity contribution in [3.8, 4) is 0 Å².